The molecule has 0 fully saturated rings. The van der Waals surface area contributed by atoms with Crippen molar-refractivity contribution in [2.75, 3.05) is 5.32 Å². The number of carboxylic acid groups (broad SMARTS) is 1. The standard InChI is InChI=1S/C14H13N3O3/c18-13(9-12-6-7-15-17-12)16-11-3-1-2-10(8-11)4-5-14(19)20/h1-8H,9H2,(H,15,17)(H,16,18)(H,19,20)/b5-4+. The smallest absolute Gasteiger partial charge is 0.328 e. The quantitative estimate of drug-likeness (QED) is 0.721. The van der Waals surface area contributed by atoms with Gasteiger partial charge in [-0.15, -0.1) is 0 Å². The third-order valence-corrected chi connectivity index (χ3v) is 2.50. The van der Waals surface area contributed by atoms with Crippen LogP contribution in [0.2, 0.25) is 0 Å². The van der Waals surface area contributed by atoms with Crippen molar-refractivity contribution < 1.29 is 14.7 Å². The van der Waals surface area contributed by atoms with E-state index in [1.165, 1.54) is 6.08 Å². The van der Waals surface area contributed by atoms with Gasteiger partial charge in [0.1, 0.15) is 0 Å². The Labute approximate surface area is 115 Å². The molecule has 0 bridgehead atoms. The minimum atomic E-state index is -1.02. The first-order valence-electron chi connectivity index (χ1n) is 5.92. The Balaban J connectivity index is 2.00. The molecule has 1 aromatic carbocycles. The van der Waals surface area contributed by atoms with Gasteiger partial charge in [-0.2, -0.15) is 5.10 Å². The Kier molecular flexibility index (Phi) is 4.28. The number of carbonyl (C=O) groups excluding carboxylic acids is 1. The van der Waals surface area contributed by atoms with Gasteiger partial charge in [0, 0.05) is 23.7 Å². The number of nitrogens with zero attached hydrogens (tertiary/aromatic N) is 1. The van der Waals surface area contributed by atoms with Gasteiger partial charge in [0.2, 0.25) is 5.91 Å². The Morgan fingerprint density at radius 3 is 2.90 bits per heavy atom. The van der Waals surface area contributed by atoms with Gasteiger partial charge in [0.25, 0.3) is 0 Å². The molecule has 0 aliphatic carbocycles. The maximum Gasteiger partial charge on any atom is 0.328 e. The van der Waals surface area contributed by atoms with Crippen LogP contribution in [-0.4, -0.2) is 27.2 Å². The van der Waals surface area contributed by atoms with Crippen LogP contribution in [0.1, 0.15) is 11.3 Å². The highest BCUT2D eigenvalue weighted by atomic mass is 16.4. The zero-order valence-corrected chi connectivity index (χ0v) is 10.5. The van der Waals surface area contributed by atoms with Crippen molar-refractivity contribution in [1.29, 1.82) is 0 Å². The van der Waals surface area contributed by atoms with Crippen molar-refractivity contribution in [2.24, 2.45) is 0 Å². The maximum absolute atomic E-state index is 11.8. The lowest BCUT2D eigenvalue weighted by molar-refractivity contribution is -0.131. The lowest BCUT2D eigenvalue weighted by Crippen LogP contribution is -2.14. The van der Waals surface area contributed by atoms with Crippen LogP contribution in [0.3, 0.4) is 0 Å². The number of hydrogen-bond donors (Lipinski definition) is 3. The number of aliphatic carboxylic acids is 1. The highest BCUT2D eigenvalue weighted by Gasteiger charge is 2.05. The summed E-state index contributed by atoms with van der Waals surface area (Å²) in [5, 5.41) is 17.8. The number of aromatic nitrogens is 2. The van der Waals surface area contributed by atoms with Gasteiger partial charge in [-0.3, -0.25) is 9.89 Å². The predicted molar refractivity (Wildman–Crippen MR) is 74.0 cm³/mol. The van der Waals surface area contributed by atoms with E-state index in [4.69, 9.17) is 5.11 Å². The molecule has 6 nitrogen and oxygen atoms in total. The van der Waals surface area contributed by atoms with E-state index in [1.807, 2.05) is 0 Å². The van der Waals surface area contributed by atoms with Crippen molar-refractivity contribution in [3.05, 3.63) is 53.9 Å². The van der Waals surface area contributed by atoms with E-state index in [-0.39, 0.29) is 12.3 Å². The van der Waals surface area contributed by atoms with E-state index in [0.717, 1.165) is 11.8 Å². The fourth-order valence-electron chi connectivity index (χ4n) is 1.65. The highest BCUT2D eigenvalue weighted by molar-refractivity contribution is 5.92. The molecule has 0 radical (unpaired) electrons. The number of carbonyl (C=O) groups is 2. The topological polar surface area (TPSA) is 95.1 Å². The van der Waals surface area contributed by atoms with Gasteiger partial charge < -0.3 is 10.4 Å². The van der Waals surface area contributed by atoms with Gasteiger partial charge in [-0.25, -0.2) is 4.79 Å². The third-order valence-electron chi connectivity index (χ3n) is 2.50. The number of H-pyrrole nitrogens is 1. The van der Waals surface area contributed by atoms with Gasteiger partial charge in [0.15, 0.2) is 0 Å². The van der Waals surface area contributed by atoms with Crippen molar-refractivity contribution in [2.45, 2.75) is 6.42 Å². The molecule has 1 amide bonds. The molecule has 0 aliphatic heterocycles. The first-order valence-corrected chi connectivity index (χ1v) is 5.92. The molecular weight excluding hydrogens is 258 g/mol. The molecule has 0 atom stereocenters. The Hall–Kier alpha value is -2.89. The number of anilines is 1. The molecule has 1 heterocycles. The van der Waals surface area contributed by atoms with Crippen LogP contribution < -0.4 is 5.32 Å². The van der Waals surface area contributed by atoms with E-state index in [9.17, 15) is 9.59 Å². The highest BCUT2D eigenvalue weighted by Crippen LogP contribution is 2.12. The predicted octanol–water partition coefficient (Wildman–Crippen LogP) is 1.69. The molecule has 0 saturated carbocycles. The molecule has 102 valence electrons. The van der Waals surface area contributed by atoms with Crippen LogP contribution in [0.15, 0.2) is 42.6 Å². The van der Waals surface area contributed by atoms with E-state index in [0.29, 0.717) is 11.3 Å². The first kappa shape index (κ1) is 13.5. The second-order valence-electron chi connectivity index (χ2n) is 4.10. The summed E-state index contributed by atoms with van der Waals surface area (Å²) in [5.41, 5.74) is 2.04. The first-order chi connectivity index (χ1) is 9.63. The molecule has 0 unspecified atom stereocenters. The van der Waals surface area contributed by atoms with Crippen molar-refractivity contribution in [1.82, 2.24) is 10.2 Å². The summed E-state index contributed by atoms with van der Waals surface area (Å²) in [6.45, 7) is 0. The van der Waals surface area contributed by atoms with Crippen LogP contribution in [0.25, 0.3) is 6.08 Å². The average molecular weight is 271 g/mol. The number of aromatic amines is 1. The van der Waals surface area contributed by atoms with Gasteiger partial charge in [0.05, 0.1) is 6.42 Å². The van der Waals surface area contributed by atoms with Crippen molar-refractivity contribution >= 4 is 23.6 Å². The average Bonchev–Trinajstić information content (AvgIpc) is 2.89. The number of rotatable bonds is 5. The lowest BCUT2D eigenvalue weighted by Gasteiger charge is -2.05. The van der Waals surface area contributed by atoms with Crippen LogP contribution in [0.4, 0.5) is 5.69 Å². The van der Waals surface area contributed by atoms with Gasteiger partial charge in [-0.05, 0) is 29.8 Å². The molecule has 2 aromatic rings. The van der Waals surface area contributed by atoms with Crippen LogP contribution >= 0.6 is 0 Å². The molecule has 6 heteroatoms. The van der Waals surface area contributed by atoms with E-state index in [1.54, 1.807) is 36.5 Å². The Bertz CT molecular complexity index is 633. The van der Waals surface area contributed by atoms with Gasteiger partial charge >= 0.3 is 5.97 Å². The molecule has 1 aromatic heterocycles. The number of nitrogens with one attached hydrogen (secondary N) is 2. The SMILES string of the molecule is O=C(O)/C=C/c1cccc(NC(=O)Cc2ccn[nH]2)c1. The van der Waals surface area contributed by atoms with Crippen LogP contribution in [-0.2, 0) is 16.0 Å². The second kappa shape index (κ2) is 6.33. The molecule has 2 rings (SSSR count). The summed E-state index contributed by atoms with van der Waals surface area (Å²) < 4.78 is 0. The lowest BCUT2D eigenvalue weighted by atomic mass is 10.2. The number of benzene rings is 1. The largest absolute Gasteiger partial charge is 0.478 e. The number of amides is 1. The zero-order chi connectivity index (χ0) is 14.4. The van der Waals surface area contributed by atoms with Gasteiger partial charge in [-0.1, -0.05) is 12.1 Å². The van der Waals surface area contributed by atoms with Crippen molar-refractivity contribution in [3.8, 4) is 0 Å². The van der Waals surface area contributed by atoms with E-state index >= 15 is 0 Å². The fraction of sp³-hybridized carbons (Fsp3) is 0.0714. The Morgan fingerprint density at radius 2 is 2.20 bits per heavy atom. The minimum absolute atomic E-state index is 0.173. The minimum Gasteiger partial charge on any atom is -0.478 e. The summed E-state index contributed by atoms with van der Waals surface area (Å²) in [4.78, 5) is 22.2. The summed E-state index contributed by atoms with van der Waals surface area (Å²) in [6.07, 6.45) is 4.30. The van der Waals surface area contributed by atoms with E-state index < -0.39 is 5.97 Å². The van der Waals surface area contributed by atoms with Crippen molar-refractivity contribution in [3.63, 3.8) is 0 Å². The number of hydrogen-bond acceptors (Lipinski definition) is 3. The maximum atomic E-state index is 11.8. The Morgan fingerprint density at radius 1 is 1.35 bits per heavy atom. The summed E-state index contributed by atoms with van der Waals surface area (Å²) in [7, 11) is 0. The third kappa shape index (κ3) is 4.09. The van der Waals surface area contributed by atoms with E-state index in [2.05, 4.69) is 15.5 Å². The summed E-state index contributed by atoms with van der Waals surface area (Å²) >= 11 is 0. The zero-order valence-electron chi connectivity index (χ0n) is 10.5. The fourth-order valence-corrected chi connectivity index (χ4v) is 1.65. The molecule has 3 N–H and O–H groups in total. The van der Waals surface area contributed by atoms with Crippen LogP contribution in [0.5, 0.6) is 0 Å². The molecule has 20 heavy (non-hydrogen) atoms. The monoisotopic (exact) mass is 271 g/mol. The summed E-state index contributed by atoms with van der Waals surface area (Å²) in [6, 6.07) is 8.66. The molecule has 0 saturated heterocycles. The second-order valence-corrected chi connectivity index (χ2v) is 4.10. The molecule has 0 aliphatic rings. The summed E-state index contributed by atoms with van der Waals surface area (Å²) in [5.74, 6) is -1.19. The molecule has 0 spiro atoms. The van der Waals surface area contributed by atoms with Crippen LogP contribution in [0, 0.1) is 0 Å². The molecular formula is C14H13N3O3. The normalized spacial score (nSPS) is 10.6. The number of carboxylic acids is 1.